The van der Waals surface area contributed by atoms with Crippen LogP contribution in [0, 0.1) is 0 Å². The smallest absolute Gasteiger partial charge is 0.326 e. The van der Waals surface area contributed by atoms with Crippen LogP contribution in [0.1, 0.15) is 6.42 Å². The molecule has 0 saturated heterocycles. The van der Waals surface area contributed by atoms with Gasteiger partial charge in [-0.15, -0.1) is 0 Å². The zero-order valence-electron chi connectivity index (χ0n) is 12.1. The fourth-order valence-corrected chi connectivity index (χ4v) is 3.00. The number of nitrogens with zero attached hydrogens (tertiary/aromatic N) is 1. The molecule has 2 N–H and O–H groups in total. The largest absolute Gasteiger partial charge is 0.480 e. The first kappa shape index (κ1) is 16.9. The monoisotopic (exact) mass is 384 g/mol. The molecule has 0 unspecified atom stereocenters. The highest BCUT2D eigenvalue weighted by atomic mass is 79.9. The minimum atomic E-state index is -0.998. The van der Waals surface area contributed by atoms with Crippen molar-refractivity contribution < 1.29 is 14.7 Å². The Morgan fingerprint density at radius 2 is 2.18 bits per heavy atom. The van der Waals surface area contributed by atoms with E-state index < -0.39 is 12.0 Å². The lowest BCUT2D eigenvalue weighted by atomic mass is 10.2. The van der Waals surface area contributed by atoms with Crippen molar-refractivity contribution in [2.24, 2.45) is 0 Å². The van der Waals surface area contributed by atoms with Gasteiger partial charge in [-0.05, 0) is 42.0 Å². The van der Waals surface area contributed by atoms with Crippen LogP contribution in [0.4, 0.5) is 0 Å². The Labute approximate surface area is 141 Å². The summed E-state index contributed by atoms with van der Waals surface area (Å²) in [5, 5.41) is 12.8. The average Bonchev–Trinajstić information content (AvgIpc) is 2.85. The second kappa shape index (κ2) is 7.69. The van der Waals surface area contributed by atoms with Gasteiger partial charge < -0.3 is 15.0 Å². The van der Waals surface area contributed by atoms with E-state index in [1.165, 1.54) is 0 Å². The molecule has 0 fully saturated rings. The number of carboxylic acid groups (broad SMARTS) is 1. The summed E-state index contributed by atoms with van der Waals surface area (Å²) >= 11 is 4.97. The molecule has 1 aromatic heterocycles. The van der Waals surface area contributed by atoms with Crippen LogP contribution in [-0.2, 0) is 16.1 Å². The highest BCUT2D eigenvalue weighted by molar-refractivity contribution is 9.10. The lowest BCUT2D eigenvalue weighted by molar-refractivity contribution is -0.141. The van der Waals surface area contributed by atoms with Crippen LogP contribution >= 0.6 is 27.7 Å². The molecule has 0 aliphatic rings. The molecule has 1 atom stereocenters. The normalized spacial score (nSPS) is 12.3. The number of thioether (sulfide) groups is 1. The first-order valence-electron chi connectivity index (χ1n) is 6.76. The van der Waals surface area contributed by atoms with Crippen molar-refractivity contribution in [1.29, 1.82) is 0 Å². The molecule has 1 aromatic carbocycles. The van der Waals surface area contributed by atoms with E-state index in [2.05, 4.69) is 21.2 Å². The van der Waals surface area contributed by atoms with Gasteiger partial charge >= 0.3 is 5.97 Å². The van der Waals surface area contributed by atoms with Crippen molar-refractivity contribution in [1.82, 2.24) is 9.88 Å². The third-order valence-corrected chi connectivity index (χ3v) is 4.43. The Hall–Kier alpha value is -1.47. The van der Waals surface area contributed by atoms with Crippen LogP contribution in [0.5, 0.6) is 0 Å². The van der Waals surface area contributed by atoms with Gasteiger partial charge in [0.25, 0.3) is 0 Å². The Bertz CT molecular complexity index is 686. The van der Waals surface area contributed by atoms with Gasteiger partial charge in [-0.25, -0.2) is 4.79 Å². The maximum atomic E-state index is 12.1. The van der Waals surface area contributed by atoms with E-state index in [1.807, 2.05) is 41.3 Å². The summed E-state index contributed by atoms with van der Waals surface area (Å²) in [6, 6.07) is 6.93. The van der Waals surface area contributed by atoms with Gasteiger partial charge in [-0.1, -0.05) is 22.0 Å². The molecule has 22 heavy (non-hydrogen) atoms. The molecular weight excluding hydrogens is 368 g/mol. The highest BCUT2D eigenvalue weighted by Gasteiger charge is 2.19. The first-order valence-corrected chi connectivity index (χ1v) is 8.95. The zero-order valence-corrected chi connectivity index (χ0v) is 14.5. The maximum absolute atomic E-state index is 12.1. The van der Waals surface area contributed by atoms with E-state index in [4.69, 9.17) is 5.11 Å². The summed E-state index contributed by atoms with van der Waals surface area (Å²) in [6.45, 7) is 0.100. The number of halogens is 1. The van der Waals surface area contributed by atoms with Crippen LogP contribution in [0.15, 0.2) is 34.9 Å². The number of aliphatic carboxylic acids is 1. The molecule has 0 aliphatic heterocycles. The van der Waals surface area contributed by atoms with Gasteiger partial charge in [0.05, 0.1) is 0 Å². The summed E-state index contributed by atoms with van der Waals surface area (Å²) in [5.74, 6) is -0.607. The van der Waals surface area contributed by atoms with Crippen molar-refractivity contribution in [3.8, 4) is 0 Å². The third-order valence-electron chi connectivity index (χ3n) is 3.29. The quantitative estimate of drug-likeness (QED) is 0.769. The third kappa shape index (κ3) is 4.27. The van der Waals surface area contributed by atoms with E-state index >= 15 is 0 Å². The lowest BCUT2D eigenvalue weighted by Gasteiger charge is -2.14. The van der Waals surface area contributed by atoms with Gasteiger partial charge in [0.1, 0.15) is 12.6 Å². The molecule has 7 heteroatoms. The molecule has 0 saturated carbocycles. The summed E-state index contributed by atoms with van der Waals surface area (Å²) in [6.07, 6.45) is 4.15. The Morgan fingerprint density at radius 1 is 1.41 bits per heavy atom. The molecule has 2 rings (SSSR count). The molecule has 0 aliphatic carbocycles. The lowest BCUT2D eigenvalue weighted by Crippen LogP contribution is -2.42. The molecule has 5 nitrogen and oxygen atoms in total. The number of amides is 1. The van der Waals surface area contributed by atoms with Crippen LogP contribution in [0.3, 0.4) is 0 Å². The number of rotatable bonds is 7. The number of hydrogen-bond acceptors (Lipinski definition) is 3. The molecule has 1 heterocycles. The van der Waals surface area contributed by atoms with E-state index in [1.54, 1.807) is 11.8 Å². The van der Waals surface area contributed by atoms with Gasteiger partial charge in [-0.2, -0.15) is 11.8 Å². The second-order valence-corrected chi connectivity index (χ2v) is 6.79. The molecule has 0 bridgehead atoms. The molecule has 118 valence electrons. The summed E-state index contributed by atoms with van der Waals surface area (Å²) in [7, 11) is 0. The molecule has 0 spiro atoms. The predicted molar refractivity (Wildman–Crippen MR) is 92.2 cm³/mol. The van der Waals surface area contributed by atoms with E-state index in [0.29, 0.717) is 12.2 Å². The standard InChI is InChI=1S/C15H17BrN2O3S/c1-22-7-5-12(15(20)21)17-14(19)9-18-6-4-10-2-3-11(16)8-13(10)18/h2-4,6,8,12H,5,7,9H2,1H3,(H,17,19)(H,20,21)/t12-/m0/s1. The number of aromatic nitrogens is 1. The maximum Gasteiger partial charge on any atom is 0.326 e. The number of hydrogen-bond donors (Lipinski definition) is 2. The second-order valence-electron chi connectivity index (χ2n) is 4.89. The Morgan fingerprint density at radius 3 is 2.86 bits per heavy atom. The molecule has 2 aromatic rings. The number of fused-ring (bicyclic) bond motifs is 1. The molecule has 1 amide bonds. The van der Waals surface area contributed by atoms with Crippen molar-refractivity contribution in [3.05, 3.63) is 34.9 Å². The first-order chi connectivity index (χ1) is 10.5. The molecular formula is C15H17BrN2O3S. The van der Waals surface area contributed by atoms with Gasteiger partial charge in [-0.3, -0.25) is 4.79 Å². The number of carbonyl (C=O) groups excluding carboxylic acids is 1. The highest BCUT2D eigenvalue weighted by Crippen LogP contribution is 2.20. The van der Waals surface area contributed by atoms with E-state index in [-0.39, 0.29) is 12.5 Å². The minimum absolute atomic E-state index is 0.100. The zero-order chi connectivity index (χ0) is 16.1. The number of nitrogens with one attached hydrogen (secondary N) is 1. The Balaban J connectivity index is 2.06. The van der Waals surface area contributed by atoms with Crippen molar-refractivity contribution in [3.63, 3.8) is 0 Å². The van der Waals surface area contributed by atoms with E-state index in [0.717, 1.165) is 15.4 Å². The summed E-state index contributed by atoms with van der Waals surface area (Å²) in [4.78, 5) is 23.3. The predicted octanol–water partition coefficient (Wildman–Crippen LogP) is 2.73. The number of benzene rings is 1. The van der Waals surface area contributed by atoms with Crippen LogP contribution in [-0.4, -0.2) is 39.6 Å². The number of carbonyl (C=O) groups is 2. The van der Waals surface area contributed by atoms with Crippen LogP contribution < -0.4 is 5.32 Å². The van der Waals surface area contributed by atoms with Gasteiger partial charge in [0.2, 0.25) is 5.91 Å². The molecule has 0 radical (unpaired) electrons. The topological polar surface area (TPSA) is 71.3 Å². The van der Waals surface area contributed by atoms with Crippen LogP contribution in [0.25, 0.3) is 10.9 Å². The summed E-state index contributed by atoms with van der Waals surface area (Å²) in [5.41, 5.74) is 0.931. The van der Waals surface area contributed by atoms with Crippen molar-refractivity contribution >= 4 is 50.5 Å². The SMILES string of the molecule is CSCC[C@H](NC(=O)Cn1ccc2ccc(Br)cc21)C(=O)O. The number of carboxylic acids is 1. The fraction of sp³-hybridized carbons (Fsp3) is 0.333. The van der Waals surface area contributed by atoms with Gasteiger partial charge in [0, 0.05) is 16.2 Å². The minimum Gasteiger partial charge on any atom is -0.480 e. The van der Waals surface area contributed by atoms with E-state index in [9.17, 15) is 9.59 Å². The van der Waals surface area contributed by atoms with Crippen molar-refractivity contribution in [2.75, 3.05) is 12.0 Å². The summed E-state index contributed by atoms with van der Waals surface area (Å²) < 4.78 is 2.74. The fourth-order valence-electron chi connectivity index (χ4n) is 2.18. The average molecular weight is 385 g/mol. The Kier molecular flexibility index (Phi) is 5.90. The van der Waals surface area contributed by atoms with Crippen LogP contribution in [0.2, 0.25) is 0 Å². The van der Waals surface area contributed by atoms with Crippen molar-refractivity contribution in [2.45, 2.75) is 19.0 Å². The van der Waals surface area contributed by atoms with Gasteiger partial charge in [0.15, 0.2) is 0 Å².